The average molecular weight is 325 g/mol. The van der Waals surface area contributed by atoms with E-state index in [2.05, 4.69) is 15.3 Å². The van der Waals surface area contributed by atoms with Crippen molar-refractivity contribution in [1.29, 1.82) is 0 Å². The quantitative estimate of drug-likeness (QED) is 0.676. The topological polar surface area (TPSA) is 57.6 Å². The molecule has 0 atom stereocenters. The largest absolute Gasteiger partial charge is 0.386 e. The Morgan fingerprint density at radius 3 is 3.00 bits per heavy atom. The van der Waals surface area contributed by atoms with Crippen LogP contribution in [-0.4, -0.2) is 42.8 Å². The molecule has 0 aromatic carbocycles. The van der Waals surface area contributed by atoms with Crippen LogP contribution in [0.3, 0.4) is 0 Å². The van der Waals surface area contributed by atoms with E-state index in [1.54, 1.807) is 31.5 Å². The molecule has 0 bridgehead atoms. The van der Waals surface area contributed by atoms with Crippen molar-refractivity contribution in [1.82, 2.24) is 9.88 Å². The lowest BCUT2D eigenvalue weighted by Crippen LogP contribution is -2.29. The summed E-state index contributed by atoms with van der Waals surface area (Å²) in [5.74, 6) is -0.0661. The Kier molecular flexibility index (Phi) is 5.14. The van der Waals surface area contributed by atoms with Crippen molar-refractivity contribution in [3.8, 4) is 0 Å². The molecule has 7 heteroatoms. The molecule has 0 saturated carbocycles. The number of carbonyl (C=O) groups excluding carboxylic acids is 1. The molecule has 21 heavy (non-hydrogen) atoms. The van der Waals surface area contributed by atoms with E-state index in [0.29, 0.717) is 16.4 Å². The van der Waals surface area contributed by atoms with Gasteiger partial charge in [-0.15, -0.1) is 11.3 Å². The summed E-state index contributed by atoms with van der Waals surface area (Å²) in [4.78, 5) is 23.8. The van der Waals surface area contributed by atoms with Gasteiger partial charge in [0.25, 0.3) is 5.91 Å². The van der Waals surface area contributed by atoms with Crippen LogP contribution in [0.25, 0.3) is 10.2 Å². The molecule has 1 amide bonds. The van der Waals surface area contributed by atoms with Crippen molar-refractivity contribution in [2.45, 2.75) is 13.3 Å². The van der Waals surface area contributed by atoms with Gasteiger partial charge in [-0.3, -0.25) is 14.7 Å². The number of thiophene rings is 1. The zero-order valence-electron chi connectivity index (χ0n) is 12.2. The Morgan fingerprint density at radius 1 is 1.62 bits per heavy atom. The Morgan fingerprint density at radius 2 is 2.38 bits per heavy atom. The van der Waals surface area contributed by atoms with Gasteiger partial charge in [-0.1, -0.05) is 18.5 Å². The third-order valence-electron chi connectivity index (χ3n) is 2.96. The minimum absolute atomic E-state index is 0.0661. The van der Waals surface area contributed by atoms with Crippen LogP contribution in [0.15, 0.2) is 17.3 Å². The molecule has 2 aromatic heterocycles. The van der Waals surface area contributed by atoms with E-state index in [1.807, 2.05) is 13.0 Å². The molecular weight excluding hydrogens is 308 g/mol. The fourth-order valence-electron chi connectivity index (χ4n) is 2.06. The van der Waals surface area contributed by atoms with Crippen LogP contribution in [0.5, 0.6) is 0 Å². The van der Waals surface area contributed by atoms with Crippen molar-refractivity contribution >= 4 is 51.1 Å². The molecule has 112 valence electrons. The Hall–Kier alpha value is -1.66. The van der Waals surface area contributed by atoms with E-state index in [9.17, 15) is 4.79 Å². The maximum atomic E-state index is 12.5. The van der Waals surface area contributed by atoms with Gasteiger partial charge in [0.2, 0.25) is 0 Å². The SMILES string of the molecule is CCCN(C=NC)C(=O)c1cc2c(NC)c(Cl)cnc2s1. The first kappa shape index (κ1) is 15.7. The summed E-state index contributed by atoms with van der Waals surface area (Å²) >= 11 is 7.48. The molecule has 1 N–H and O–H groups in total. The number of anilines is 1. The average Bonchev–Trinajstić information content (AvgIpc) is 2.90. The molecule has 0 aliphatic carbocycles. The number of pyridine rings is 1. The van der Waals surface area contributed by atoms with E-state index in [0.717, 1.165) is 22.3 Å². The molecule has 0 saturated heterocycles. The first-order chi connectivity index (χ1) is 10.1. The predicted octanol–water partition coefficient (Wildman–Crippen LogP) is 3.50. The first-order valence-corrected chi connectivity index (χ1v) is 7.80. The number of rotatable bonds is 5. The maximum absolute atomic E-state index is 12.5. The van der Waals surface area contributed by atoms with Crippen molar-refractivity contribution in [3.63, 3.8) is 0 Å². The molecule has 0 unspecified atom stereocenters. The van der Waals surface area contributed by atoms with Crippen molar-refractivity contribution in [2.75, 3.05) is 26.0 Å². The summed E-state index contributed by atoms with van der Waals surface area (Å²) in [6.45, 7) is 2.66. The standard InChI is InChI=1S/C14H17ClN4OS/c1-4-5-19(8-16-2)14(20)11-6-9-12(17-3)10(15)7-18-13(9)21-11/h6-8H,4-5H2,1-3H3,(H,17,18). The molecule has 0 radical (unpaired) electrons. The van der Waals surface area contributed by atoms with Crippen LogP contribution in [0, 0.1) is 0 Å². The monoisotopic (exact) mass is 324 g/mol. The minimum atomic E-state index is -0.0661. The zero-order valence-corrected chi connectivity index (χ0v) is 13.8. The summed E-state index contributed by atoms with van der Waals surface area (Å²) in [7, 11) is 3.45. The van der Waals surface area contributed by atoms with Gasteiger partial charge in [-0.2, -0.15) is 0 Å². The highest BCUT2D eigenvalue weighted by atomic mass is 35.5. The number of carbonyl (C=O) groups is 1. The number of nitrogens with zero attached hydrogens (tertiary/aromatic N) is 3. The molecular formula is C14H17ClN4OS. The van der Waals surface area contributed by atoms with Crippen LogP contribution in [-0.2, 0) is 0 Å². The van der Waals surface area contributed by atoms with Crippen LogP contribution >= 0.6 is 22.9 Å². The van der Waals surface area contributed by atoms with Gasteiger partial charge in [-0.05, 0) is 12.5 Å². The molecule has 0 spiro atoms. The second-order valence-electron chi connectivity index (χ2n) is 4.43. The summed E-state index contributed by atoms with van der Waals surface area (Å²) in [6.07, 6.45) is 4.03. The second-order valence-corrected chi connectivity index (χ2v) is 5.87. The van der Waals surface area contributed by atoms with Crippen LogP contribution < -0.4 is 5.32 Å². The highest BCUT2D eigenvalue weighted by Gasteiger charge is 2.18. The Balaban J connectivity index is 2.45. The van der Waals surface area contributed by atoms with Crippen LogP contribution in [0.4, 0.5) is 5.69 Å². The van der Waals surface area contributed by atoms with E-state index >= 15 is 0 Å². The van der Waals surface area contributed by atoms with Gasteiger partial charge in [0.1, 0.15) is 4.83 Å². The summed E-state index contributed by atoms with van der Waals surface area (Å²) < 4.78 is 0. The molecule has 2 aromatic rings. The highest BCUT2D eigenvalue weighted by Crippen LogP contribution is 2.34. The van der Waals surface area contributed by atoms with Gasteiger partial charge in [0.05, 0.1) is 21.9 Å². The van der Waals surface area contributed by atoms with Crippen molar-refractivity contribution < 1.29 is 4.79 Å². The zero-order chi connectivity index (χ0) is 15.4. The Labute approximate surface area is 132 Å². The summed E-state index contributed by atoms with van der Waals surface area (Å²) in [5, 5.41) is 4.46. The molecule has 5 nitrogen and oxygen atoms in total. The fraction of sp³-hybridized carbons (Fsp3) is 0.357. The lowest BCUT2D eigenvalue weighted by molar-refractivity contribution is 0.0857. The molecule has 2 heterocycles. The van der Waals surface area contributed by atoms with Crippen molar-refractivity contribution in [3.05, 3.63) is 22.2 Å². The van der Waals surface area contributed by atoms with Crippen LogP contribution in [0.1, 0.15) is 23.0 Å². The van der Waals surface area contributed by atoms with Gasteiger partial charge in [-0.25, -0.2) is 4.98 Å². The number of hydrogen-bond acceptors (Lipinski definition) is 5. The molecule has 0 fully saturated rings. The lowest BCUT2D eigenvalue weighted by Gasteiger charge is -2.14. The number of amides is 1. The smallest absolute Gasteiger partial charge is 0.269 e. The number of aliphatic imine (C=N–C) groups is 1. The van der Waals surface area contributed by atoms with E-state index in [-0.39, 0.29) is 5.91 Å². The highest BCUT2D eigenvalue weighted by molar-refractivity contribution is 7.20. The van der Waals surface area contributed by atoms with Gasteiger partial charge in [0.15, 0.2) is 0 Å². The van der Waals surface area contributed by atoms with E-state index < -0.39 is 0 Å². The van der Waals surface area contributed by atoms with Gasteiger partial charge < -0.3 is 5.32 Å². The normalized spacial score (nSPS) is 11.2. The molecule has 2 rings (SSSR count). The predicted molar refractivity (Wildman–Crippen MR) is 89.9 cm³/mol. The molecule has 0 aliphatic rings. The Bertz CT molecular complexity index is 683. The number of aromatic nitrogens is 1. The van der Waals surface area contributed by atoms with E-state index in [4.69, 9.17) is 11.6 Å². The first-order valence-electron chi connectivity index (χ1n) is 6.61. The summed E-state index contributed by atoms with van der Waals surface area (Å²) in [6, 6.07) is 1.83. The summed E-state index contributed by atoms with van der Waals surface area (Å²) in [5.41, 5.74) is 0.795. The number of hydrogen-bond donors (Lipinski definition) is 1. The molecule has 0 aliphatic heterocycles. The van der Waals surface area contributed by atoms with Gasteiger partial charge in [0, 0.05) is 32.2 Å². The third-order valence-corrected chi connectivity index (χ3v) is 4.27. The maximum Gasteiger partial charge on any atom is 0.269 e. The number of fused-ring (bicyclic) bond motifs is 1. The number of nitrogens with one attached hydrogen (secondary N) is 1. The van der Waals surface area contributed by atoms with Gasteiger partial charge >= 0.3 is 0 Å². The van der Waals surface area contributed by atoms with Crippen molar-refractivity contribution in [2.24, 2.45) is 4.99 Å². The second kappa shape index (κ2) is 6.87. The minimum Gasteiger partial charge on any atom is -0.386 e. The number of halogens is 1. The fourth-order valence-corrected chi connectivity index (χ4v) is 3.27. The van der Waals surface area contributed by atoms with E-state index in [1.165, 1.54) is 11.3 Å². The van der Waals surface area contributed by atoms with Crippen LogP contribution in [0.2, 0.25) is 5.02 Å². The lowest BCUT2D eigenvalue weighted by atomic mass is 10.2. The third kappa shape index (κ3) is 3.16.